The molecule has 1 unspecified atom stereocenters. The van der Waals surface area contributed by atoms with Gasteiger partial charge in [-0.1, -0.05) is 12.1 Å². The fourth-order valence-corrected chi connectivity index (χ4v) is 1.95. The third-order valence-corrected chi connectivity index (χ3v) is 2.86. The summed E-state index contributed by atoms with van der Waals surface area (Å²) >= 11 is 0. The second kappa shape index (κ2) is 5.56. The fraction of sp³-hybridized carbons (Fsp3) is 0.357. The molecule has 108 valence electrons. The zero-order chi connectivity index (χ0) is 14.8. The van der Waals surface area contributed by atoms with E-state index in [2.05, 4.69) is 0 Å². The molecule has 0 aromatic heterocycles. The first-order valence-electron chi connectivity index (χ1n) is 6.11. The van der Waals surface area contributed by atoms with E-state index in [4.69, 9.17) is 9.47 Å². The van der Waals surface area contributed by atoms with Crippen molar-refractivity contribution in [1.29, 1.82) is 0 Å². The summed E-state index contributed by atoms with van der Waals surface area (Å²) in [6.45, 7) is 2.20. The Balaban J connectivity index is 2.16. The lowest BCUT2D eigenvalue weighted by atomic mass is 10.0. The lowest BCUT2D eigenvalue weighted by Gasteiger charge is -2.23. The Hall–Kier alpha value is -1.98. The van der Waals surface area contributed by atoms with Crippen LogP contribution in [0.1, 0.15) is 30.6 Å². The summed E-state index contributed by atoms with van der Waals surface area (Å²) in [7, 11) is 0. The zero-order valence-electron chi connectivity index (χ0n) is 10.7. The van der Waals surface area contributed by atoms with Crippen LogP contribution >= 0.6 is 0 Å². The molecule has 1 heterocycles. The lowest BCUT2D eigenvalue weighted by Crippen LogP contribution is -2.17. The van der Waals surface area contributed by atoms with E-state index in [1.807, 2.05) is 0 Å². The first kappa shape index (κ1) is 14.4. The van der Waals surface area contributed by atoms with Crippen molar-refractivity contribution in [3.05, 3.63) is 47.2 Å². The van der Waals surface area contributed by atoms with Gasteiger partial charge in [0.05, 0.1) is 18.2 Å². The highest BCUT2D eigenvalue weighted by atomic mass is 19.4. The summed E-state index contributed by atoms with van der Waals surface area (Å²) in [6.07, 6.45) is -3.41. The van der Waals surface area contributed by atoms with E-state index >= 15 is 0 Å². The van der Waals surface area contributed by atoms with Crippen LogP contribution in [0.4, 0.5) is 13.2 Å². The molecule has 0 saturated carbocycles. The van der Waals surface area contributed by atoms with Gasteiger partial charge in [0.1, 0.15) is 11.9 Å². The molecule has 0 aliphatic carbocycles. The second-order valence-electron chi connectivity index (χ2n) is 4.29. The minimum absolute atomic E-state index is 0.324. The Kier molecular flexibility index (Phi) is 4.01. The number of carbonyl (C=O) groups is 1. The van der Waals surface area contributed by atoms with Crippen LogP contribution < -0.4 is 0 Å². The molecule has 0 spiro atoms. The van der Waals surface area contributed by atoms with E-state index in [-0.39, 0.29) is 0 Å². The average molecular weight is 286 g/mol. The summed E-state index contributed by atoms with van der Waals surface area (Å²) in [4.78, 5) is 11.4. The number of hydrogen-bond donors (Lipinski definition) is 0. The summed E-state index contributed by atoms with van der Waals surface area (Å²) in [5, 5.41) is 0. The van der Waals surface area contributed by atoms with Crippen LogP contribution in [0.5, 0.6) is 0 Å². The summed E-state index contributed by atoms with van der Waals surface area (Å²) < 4.78 is 47.8. The third kappa shape index (κ3) is 3.31. The van der Waals surface area contributed by atoms with E-state index in [0.717, 1.165) is 12.1 Å². The average Bonchev–Trinajstić information content (AvgIpc) is 2.37. The van der Waals surface area contributed by atoms with E-state index < -0.39 is 23.8 Å². The molecule has 0 amide bonds. The first-order valence-corrected chi connectivity index (χ1v) is 6.11. The van der Waals surface area contributed by atoms with Crippen LogP contribution in [0.25, 0.3) is 0 Å². The molecule has 6 heteroatoms. The van der Waals surface area contributed by atoms with Crippen molar-refractivity contribution in [3.63, 3.8) is 0 Å². The topological polar surface area (TPSA) is 35.5 Å². The number of esters is 1. The van der Waals surface area contributed by atoms with Crippen LogP contribution in [-0.2, 0) is 20.4 Å². The quantitative estimate of drug-likeness (QED) is 0.796. The van der Waals surface area contributed by atoms with Crippen molar-refractivity contribution >= 4 is 5.97 Å². The van der Waals surface area contributed by atoms with Crippen molar-refractivity contribution in [3.8, 4) is 0 Å². The van der Waals surface area contributed by atoms with Crippen LogP contribution in [0.2, 0.25) is 0 Å². The van der Waals surface area contributed by atoms with Crippen LogP contribution in [0.3, 0.4) is 0 Å². The molecule has 1 aromatic rings. The SMILES string of the molecule is CCOC1=CC(=O)OC(c2ccc(C(F)(F)F)cc2)C1. The van der Waals surface area contributed by atoms with Gasteiger partial charge in [-0.05, 0) is 24.6 Å². The monoisotopic (exact) mass is 286 g/mol. The number of rotatable bonds is 3. The van der Waals surface area contributed by atoms with Gasteiger partial charge in [0.15, 0.2) is 0 Å². The third-order valence-electron chi connectivity index (χ3n) is 2.86. The van der Waals surface area contributed by atoms with Crippen LogP contribution in [0, 0.1) is 0 Å². The maximum absolute atomic E-state index is 12.5. The van der Waals surface area contributed by atoms with Crippen LogP contribution in [-0.4, -0.2) is 12.6 Å². The minimum atomic E-state index is -4.38. The molecule has 1 aromatic carbocycles. The van der Waals surface area contributed by atoms with Gasteiger partial charge in [0.2, 0.25) is 0 Å². The van der Waals surface area contributed by atoms with Crippen molar-refractivity contribution in [2.45, 2.75) is 25.6 Å². The fourth-order valence-electron chi connectivity index (χ4n) is 1.95. The lowest BCUT2D eigenvalue weighted by molar-refractivity contribution is -0.146. The highest BCUT2D eigenvalue weighted by Crippen LogP contribution is 2.33. The molecular formula is C14H13F3O3. The molecule has 0 N–H and O–H groups in total. The predicted octanol–water partition coefficient (Wildman–Crippen LogP) is 3.61. The van der Waals surface area contributed by atoms with Gasteiger partial charge < -0.3 is 9.47 Å². The Morgan fingerprint density at radius 3 is 2.50 bits per heavy atom. The maximum Gasteiger partial charge on any atom is 0.416 e. The number of ether oxygens (including phenoxy) is 2. The Morgan fingerprint density at radius 1 is 1.30 bits per heavy atom. The molecule has 20 heavy (non-hydrogen) atoms. The van der Waals surface area contributed by atoms with E-state index in [1.54, 1.807) is 6.92 Å². The highest BCUT2D eigenvalue weighted by Gasteiger charge is 2.31. The van der Waals surface area contributed by atoms with Crippen molar-refractivity contribution in [2.75, 3.05) is 6.61 Å². The standard InChI is InChI=1S/C14H13F3O3/c1-2-19-11-7-12(20-13(18)8-11)9-3-5-10(6-4-9)14(15,16)17/h3-6,8,12H,2,7H2,1H3. The minimum Gasteiger partial charge on any atom is -0.498 e. The van der Waals surface area contributed by atoms with Gasteiger partial charge >= 0.3 is 12.1 Å². The molecule has 0 radical (unpaired) electrons. The molecule has 3 nitrogen and oxygen atoms in total. The van der Waals surface area contributed by atoms with Crippen molar-refractivity contribution in [2.24, 2.45) is 0 Å². The van der Waals surface area contributed by atoms with Gasteiger partial charge in [-0.25, -0.2) is 4.79 Å². The number of halogens is 3. The molecule has 0 bridgehead atoms. The predicted molar refractivity (Wildman–Crippen MR) is 64.6 cm³/mol. The highest BCUT2D eigenvalue weighted by molar-refractivity contribution is 5.83. The molecule has 1 aliphatic rings. The summed E-state index contributed by atoms with van der Waals surface area (Å²) in [5.74, 6) is -0.0711. The van der Waals surface area contributed by atoms with E-state index in [1.165, 1.54) is 18.2 Å². The molecule has 0 fully saturated rings. The second-order valence-corrected chi connectivity index (χ2v) is 4.29. The van der Waals surface area contributed by atoms with Crippen molar-refractivity contribution < 1.29 is 27.4 Å². The smallest absolute Gasteiger partial charge is 0.416 e. The number of hydrogen-bond acceptors (Lipinski definition) is 3. The van der Waals surface area contributed by atoms with Gasteiger partial charge in [0.25, 0.3) is 0 Å². The van der Waals surface area contributed by atoms with Crippen molar-refractivity contribution in [1.82, 2.24) is 0 Å². The maximum atomic E-state index is 12.5. The number of alkyl halides is 3. The molecule has 1 atom stereocenters. The van der Waals surface area contributed by atoms with E-state index in [0.29, 0.717) is 24.4 Å². The molecule has 0 saturated heterocycles. The molecule has 1 aliphatic heterocycles. The van der Waals surface area contributed by atoms with Gasteiger partial charge in [0, 0.05) is 6.42 Å². The van der Waals surface area contributed by atoms with Gasteiger partial charge in [-0.2, -0.15) is 13.2 Å². The number of carbonyl (C=O) groups excluding carboxylic acids is 1. The Bertz CT molecular complexity index is 517. The Labute approximate surface area is 114 Å². The normalized spacial score (nSPS) is 19.3. The number of cyclic esters (lactones) is 1. The van der Waals surface area contributed by atoms with Crippen LogP contribution in [0.15, 0.2) is 36.1 Å². The largest absolute Gasteiger partial charge is 0.498 e. The number of benzene rings is 1. The molecular weight excluding hydrogens is 273 g/mol. The van der Waals surface area contributed by atoms with E-state index in [9.17, 15) is 18.0 Å². The first-order chi connectivity index (χ1) is 9.40. The van der Waals surface area contributed by atoms with Gasteiger partial charge in [-0.3, -0.25) is 0 Å². The summed E-state index contributed by atoms with van der Waals surface area (Å²) in [6, 6.07) is 4.58. The zero-order valence-corrected chi connectivity index (χ0v) is 10.7. The van der Waals surface area contributed by atoms with Gasteiger partial charge in [-0.15, -0.1) is 0 Å². The Morgan fingerprint density at radius 2 is 1.95 bits per heavy atom. The summed E-state index contributed by atoms with van der Waals surface area (Å²) in [5.41, 5.74) is -0.222. The molecule has 2 rings (SSSR count).